The Morgan fingerprint density at radius 3 is 2.52 bits per heavy atom. The molecule has 0 spiro atoms. The molecule has 1 aromatic rings. The summed E-state index contributed by atoms with van der Waals surface area (Å²) < 4.78 is 14.4. The fraction of sp³-hybridized carbons (Fsp3) is 0.611. The molecule has 7 heteroatoms. The quantitative estimate of drug-likeness (QED) is 0.547. The number of nitrogens with zero attached hydrogens (tertiary/aromatic N) is 1. The number of aliphatic hydroxyl groups excluding tert-OH is 3. The number of aliphatic hydroxyl groups is 3. The molecule has 1 aromatic carbocycles. The van der Waals surface area contributed by atoms with E-state index in [0.29, 0.717) is 19.5 Å². The minimum absolute atomic E-state index is 0.326. The van der Waals surface area contributed by atoms with Gasteiger partial charge in [-0.15, -0.1) is 0 Å². The molecule has 0 bridgehead atoms. The maximum absolute atomic E-state index is 14.4. The average molecular weight is 354 g/mol. The van der Waals surface area contributed by atoms with Gasteiger partial charge in [0.25, 0.3) is 0 Å². The molecule has 1 aliphatic heterocycles. The number of carbonyl (C=O) groups is 1. The van der Waals surface area contributed by atoms with Crippen LogP contribution in [0.1, 0.15) is 18.9 Å². The van der Waals surface area contributed by atoms with E-state index < -0.39 is 43.0 Å². The number of aryl methyl sites for hydroxylation is 1. The second kappa shape index (κ2) is 9.24. The maximum atomic E-state index is 14.4. The third kappa shape index (κ3) is 4.55. The van der Waals surface area contributed by atoms with Crippen molar-refractivity contribution in [1.29, 1.82) is 0 Å². The number of nitrogens with one attached hydrogen (secondary N) is 1. The SMILES string of the molecule is CCNC(=O)[C@@H]1[C@@H](O)[C@@H](O)[C@H](F)[C@@H](CO)N1CCCc1ccccc1. The molecular weight excluding hydrogens is 327 g/mol. The van der Waals surface area contributed by atoms with Gasteiger partial charge in [-0.05, 0) is 31.9 Å². The minimum Gasteiger partial charge on any atom is -0.395 e. The van der Waals surface area contributed by atoms with E-state index >= 15 is 0 Å². The summed E-state index contributed by atoms with van der Waals surface area (Å²) in [5.74, 6) is -0.473. The lowest BCUT2D eigenvalue weighted by atomic mass is 9.88. The summed E-state index contributed by atoms with van der Waals surface area (Å²) in [5, 5.41) is 32.3. The summed E-state index contributed by atoms with van der Waals surface area (Å²) >= 11 is 0. The van der Waals surface area contributed by atoms with Gasteiger partial charge in [-0.1, -0.05) is 30.3 Å². The second-order valence-electron chi connectivity index (χ2n) is 6.34. The zero-order valence-electron chi connectivity index (χ0n) is 14.4. The van der Waals surface area contributed by atoms with Crippen LogP contribution in [0.25, 0.3) is 0 Å². The first-order valence-electron chi connectivity index (χ1n) is 8.69. The molecule has 1 amide bonds. The van der Waals surface area contributed by atoms with Crippen molar-refractivity contribution >= 4 is 5.91 Å². The summed E-state index contributed by atoms with van der Waals surface area (Å²) in [6, 6.07) is 7.64. The van der Waals surface area contributed by atoms with Crippen molar-refractivity contribution in [3.05, 3.63) is 35.9 Å². The molecule has 5 atom stereocenters. The van der Waals surface area contributed by atoms with E-state index in [9.17, 15) is 24.5 Å². The van der Waals surface area contributed by atoms with E-state index in [1.54, 1.807) is 6.92 Å². The molecule has 2 rings (SSSR count). The fourth-order valence-electron chi connectivity index (χ4n) is 3.39. The van der Waals surface area contributed by atoms with Gasteiger partial charge in [0.2, 0.25) is 5.91 Å². The Balaban J connectivity index is 2.13. The summed E-state index contributed by atoms with van der Waals surface area (Å²) in [4.78, 5) is 13.8. The van der Waals surface area contributed by atoms with Crippen LogP contribution < -0.4 is 5.32 Å². The van der Waals surface area contributed by atoms with Crippen LogP contribution in [0.15, 0.2) is 30.3 Å². The van der Waals surface area contributed by atoms with Crippen LogP contribution >= 0.6 is 0 Å². The van der Waals surface area contributed by atoms with Gasteiger partial charge in [0, 0.05) is 6.54 Å². The van der Waals surface area contributed by atoms with Crippen molar-refractivity contribution in [3.8, 4) is 0 Å². The Kier molecular flexibility index (Phi) is 7.31. The van der Waals surface area contributed by atoms with Gasteiger partial charge in [-0.25, -0.2) is 4.39 Å². The molecule has 1 heterocycles. The lowest BCUT2D eigenvalue weighted by Crippen LogP contribution is -2.69. The van der Waals surface area contributed by atoms with Gasteiger partial charge in [-0.2, -0.15) is 0 Å². The standard InChI is InChI=1S/C18H27FN2O4/c1-2-20-18(25)15-17(24)16(23)14(19)13(11-22)21(15)10-6-9-12-7-4-3-5-8-12/h3-5,7-8,13-17,22-24H,2,6,9-11H2,1H3,(H,20,25)/t13-,14-,15+,16+,17-/m1/s1. The number of alkyl halides is 1. The number of rotatable bonds is 7. The lowest BCUT2D eigenvalue weighted by Gasteiger charge is -2.47. The predicted molar refractivity (Wildman–Crippen MR) is 91.7 cm³/mol. The van der Waals surface area contributed by atoms with Gasteiger partial charge in [0.05, 0.1) is 12.6 Å². The van der Waals surface area contributed by atoms with E-state index in [4.69, 9.17) is 0 Å². The minimum atomic E-state index is -1.82. The third-order valence-corrected chi connectivity index (χ3v) is 4.68. The topological polar surface area (TPSA) is 93.0 Å². The lowest BCUT2D eigenvalue weighted by molar-refractivity contribution is -0.164. The van der Waals surface area contributed by atoms with Crippen LogP contribution in [0.4, 0.5) is 4.39 Å². The summed E-state index contributed by atoms with van der Waals surface area (Å²) in [7, 11) is 0. The molecule has 6 nitrogen and oxygen atoms in total. The van der Waals surface area contributed by atoms with Gasteiger partial charge in [0.1, 0.15) is 24.4 Å². The first-order valence-corrected chi connectivity index (χ1v) is 8.69. The van der Waals surface area contributed by atoms with Crippen LogP contribution in [-0.4, -0.2) is 76.3 Å². The number of benzene rings is 1. The smallest absolute Gasteiger partial charge is 0.240 e. The number of halogens is 1. The third-order valence-electron chi connectivity index (χ3n) is 4.68. The Hall–Kier alpha value is -1.54. The maximum Gasteiger partial charge on any atom is 0.240 e. The van der Waals surface area contributed by atoms with E-state index in [1.165, 1.54) is 4.90 Å². The molecule has 0 saturated carbocycles. The number of hydrogen-bond acceptors (Lipinski definition) is 5. The van der Waals surface area contributed by atoms with Crippen molar-refractivity contribution in [2.45, 2.75) is 50.2 Å². The highest BCUT2D eigenvalue weighted by molar-refractivity contribution is 5.82. The van der Waals surface area contributed by atoms with Crippen molar-refractivity contribution in [2.75, 3.05) is 19.7 Å². The normalized spacial score (nSPS) is 30.2. The monoisotopic (exact) mass is 354 g/mol. The number of hydrogen-bond donors (Lipinski definition) is 4. The zero-order valence-corrected chi connectivity index (χ0v) is 14.4. The first-order chi connectivity index (χ1) is 12.0. The van der Waals surface area contributed by atoms with Gasteiger partial charge in [0.15, 0.2) is 0 Å². The largest absolute Gasteiger partial charge is 0.395 e. The van der Waals surface area contributed by atoms with Crippen LogP contribution in [-0.2, 0) is 11.2 Å². The number of piperidine rings is 1. The van der Waals surface area contributed by atoms with E-state index in [2.05, 4.69) is 5.32 Å². The molecular formula is C18H27FN2O4. The van der Waals surface area contributed by atoms with Crippen LogP contribution in [0.3, 0.4) is 0 Å². The second-order valence-corrected chi connectivity index (χ2v) is 6.34. The average Bonchev–Trinajstić information content (AvgIpc) is 2.61. The van der Waals surface area contributed by atoms with E-state index in [0.717, 1.165) is 12.0 Å². The molecule has 1 fully saturated rings. The number of likely N-dealkylation sites (N-methyl/N-ethyl adjacent to an activating group) is 1. The highest BCUT2D eigenvalue weighted by Gasteiger charge is 2.50. The van der Waals surface area contributed by atoms with Crippen molar-refractivity contribution in [2.24, 2.45) is 0 Å². The van der Waals surface area contributed by atoms with Crippen LogP contribution in [0.2, 0.25) is 0 Å². The fourth-order valence-corrected chi connectivity index (χ4v) is 3.39. The van der Waals surface area contributed by atoms with Crippen molar-refractivity contribution < 1.29 is 24.5 Å². The molecule has 140 valence electrons. The number of carbonyl (C=O) groups excluding carboxylic acids is 1. The Bertz CT molecular complexity index is 545. The zero-order chi connectivity index (χ0) is 18.4. The Morgan fingerprint density at radius 1 is 1.24 bits per heavy atom. The predicted octanol–water partition coefficient (Wildman–Crippen LogP) is -0.140. The highest BCUT2D eigenvalue weighted by atomic mass is 19.1. The van der Waals surface area contributed by atoms with Crippen LogP contribution in [0, 0.1) is 0 Å². The Morgan fingerprint density at radius 2 is 1.92 bits per heavy atom. The molecule has 0 aromatic heterocycles. The van der Waals surface area contributed by atoms with Crippen molar-refractivity contribution in [3.63, 3.8) is 0 Å². The highest BCUT2D eigenvalue weighted by Crippen LogP contribution is 2.27. The number of amides is 1. The molecule has 4 N–H and O–H groups in total. The Labute approximate surface area is 147 Å². The van der Waals surface area contributed by atoms with Gasteiger partial charge >= 0.3 is 0 Å². The van der Waals surface area contributed by atoms with Gasteiger partial charge in [-0.3, -0.25) is 9.69 Å². The molecule has 0 aliphatic carbocycles. The number of likely N-dealkylation sites (tertiary alicyclic amines) is 1. The first kappa shape index (κ1) is 19.8. The van der Waals surface area contributed by atoms with Crippen LogP contribution in [0.5, 0.6) is 0 Å². The summed E-state index contributed by atoms with van der Waals surface area (Å²) in [5.41, 5.74) is 1.12. The molecule has 25 heavy (non-hydrogen) atoms. The van der Waals surface area contributed by atoms with E-state index in [1.807, 2.05) is 30.3 Å². The van der Waals surface area contributed by atoms with Gasteiger partial charge < -0.3 is 20.6 Å². The molecule has 1 saturated heterocycles. The molecule has 0 radical (unpaired) electrons. The summed E-state index contributed by atoms with van der Waals surface area (Å²) in [6.07, 6.45) is -3.70. The van der Waals surface area contributed by atoms with Crippen molar-refractivity contribution in [1.82, 2.24) is 10.2 Å². The molecule has 0 unspecified atom stereocenters. The van der Waals surface area contributed by atoms with E-state index in [-0.39, 0.29) is 0 Å². The summed E-state index contributed by atoms with van der Waals surface area (Å²) in [6.45, 7) is 1.89. The molecule has 1 aliphatic rings.